The van der Waals surface area contributed by atoms with Crippen LogP contribution in [-0.2, 0) is 13.5 Å². The maximum atomic E-state index is 4.71. The van der Waals surface area contributed by atoms with Crippen LogP contribution in [0.25, 0.3) is 11.6 Å². The fourth-order valence-electron chi connectivity index (χ4n) is 2.69. The van der Waals surface area contributed by atoms with Crippen molar-refractivity contribution in [3.05, 3.63) is 29.8 Å². The third-order valence-corrected chi connectivity index (χ3v) is 3.65. The van der Waals surface area contributed by atoms with Crippen LogP contribution in [0, 0.1) is 0 Å². The van der Waals surface area contributed by atoms with Gasteiger partial charge in [0.05, 0.1) is 0 Å². The smallest absolute Gasteiger partial charge is 0.196 e. The summed E-state index contributed by atoms with van der Waals surface area (Å²) in [7, 11) is 1.96. The molecule has 1 aliphatic rings. The molecular formula is C14H19N5. The van der Waals surface area contributed by atoms with Gasteiger partial charge in [-0.15, -0.1) is 0 Å². The van der Waals surface area contributed by atoms with Gasteiger partial charge >= 0.3 is 0 Å². The summed E-state index contributed by atoms with van der Waals surface area (Å²) in [6, 6.07) is 0.407. The van der Waals surface area contributed by atoms with Crippen LogP contribution in [0.5, 0.6) is 0 Å². The molecule has 0 aromatic carbocycles. The van der Waals surface area contributed by atoms with Gasteiger partial charge in [-0.25, -0.2) is 15.0 Å². The number of nitrogens with zero attached hydrogens (tertiary/aromatic N) is 4. The molecule has 19 heavy (non-hydrogen) atoms. The molecule has 1 N–H and O–H groups in total. The Morgan fingerprint density at radius 3 is 3.05 bits per heavy atom. The molecule has 2 heterocycles. The Morgan fingerprint density at radius 2 is 2.32 bits per heavy atom. The highest BCUT2D eigenvalue weighted by molar-refractivity contribution is 5.45. The van der Waals surface area contributed by atoms with Crippen molar-refractivity contribution in [2.45, 2.75) is 32.2 Å². The van der Waals surface area contributed by atoms with E-state index < -0.39 is 0 Å². The first-order chi connectivity index (χ1) is 9.29. The second kappa shape index (κ2) is 5.09. The second-order valence-electron chi connectivity index (χ2n) is 4.96. The summed E-state index contributed by atoms with van der Waals surface area (Å²) in [5, 5.41) is 3.51. The molecule has 2 aromatic heterocycles. The van der Waals surface area contributed by atoms with Crippen LogP contribution in [0.15, 0.2) is 18.6 Å². The third kappa shape index (κ3) is 2.26. The van der Waals surface area contributed by atoms with Crippen LogP contribution in [0.2, 0.25) is 0 Å². The van der Waals surface area contributed by atoms with E-state index in [1.807, 2.05) is 24.0 Å². The summed E-state index contributed by atoms with van der Waals surface area (Å²) >= 11 is 0. The molecule has 3 rings (SSSR count). The standard InChI is InChI=1S/C14H19N5/c1-3-15-11-5-4-6-12-10(11)9-17-13(18-12)14-16-7-8-19(14)2/h7-9,11,15H,3-6H2,1-2H3. The van der Waals surface area contributed by atoms with Gasteiger partial charge in [-0.1, -0.05) is 6.92 Å². The molecule has 1 unspecified atom stereocenters. The first kappa shape index (κ1) is 12.3. The molecule has 2 aromatic rings. The number of aromatic nitrogens is 4. The first-order valence-corrected chi connectivity index (χ1v) is 6.86. The molecule has 0 aliphatic heterocycles. The van der Waals surface area contributed by atoms with Crippen molar-refractivity contribution in [2.75, 3.05) is 6.54 Å². The van der Waals surface area contributed by atoms with E-state index in [4.69, 9.17) is 4.98 Å². The van der Waals surface area contributed by atoms with Gasteiger partial charge in [0.25, 0.3) is 0 Å². The SMILES string of the molecule is CCNC1CCCc2nc(-c3nccn3C)ncc21. The van der Waals surface area contributed by atoms with E-state index in [0.717, 1.165) is 24.6 Å². The zero-order chi connectivity index (χ0) is 13.2. The van der Waals surface area contributed by atoms with Crippen LogP contribution in [0.4, 0.5) is 0 Å². The lowest BCUT2D eigenvalue weighted by Crippen LogP contribution is -2.26. The van der Waals surface area contributed by atoms with Crippen molar-refractivity contribution in [3.8, 4) is 11.6 Å². The zero-order valence-corrected chi connectivity index (χ0v) is 11.4. The van der Waals surface area contributed by atoms with Gasteiger partial charge in [-0.05, 0) is 25.8 Å². The van der Waals surface area contributed by atoms with Crippen molar-refractivity contribution in [1.29, 1.82) is 0 Å². The predicted octanol–water partition coefficient (Wildman–Crippen LogP) is 1.86. The molecule has 0 radical (unpaired) electrons. The van der Waals surface area contributed by atoms with Crippen molar-refractivity contribution < 1.29 is 0 Å². The topological polar surface area (TPSA) is 55.6 Å². The summed E-state index contributed by atoms with van der Waals surface area (Å²) < 4.78 is 1.95. The highest BCUT2D eigenvalue weighted by Gasteiger charge is 2.22. The molecule has 1 aliphatic carbocycles. The minimum absolute atomic E-state index is 0.407. The van der Waals surface area contributed by atoms with E-state index in [2.05, 4.69) is 22.2 Å². The van der Waals surface area contributed by atoms with E-state index in [0.29, 0.717) is 6.04 Å². The van der Waals surface area contributed by atoms with Crippen LogP contribution in [0.3, 0.4) is 0 Å². The summed E-state index contributed by atoms with van der Waals surface area (Å²) in [6.07, 6.45) is 9.06. The largest absolute Gasteiger partial charge is 0.331 e. The number of rotatable bonds is 3. The van der Waals surface area contributed by atoms with Crippen LogP contribution in [-0.4, -0.2) is 26.1 Å². The highest BCUT2D eigenvalue weighted by atomic mass is 15.1. The molecule has 5 heteroatoms. The van der Waals surface area contributed by atoms with Crippen molar-refractivity contribution >= 4 is 0 Å². The molecule has 100 valence electrons. The molecule has 0 fully saturated rings. The molecule has 1 atom stereocenters. The summed E-state index contributed by atoms with van der Waals surface area (Å²) in [5.41, 5.74) is 2.43. The van der Waals surface area contributed by atoms with Gasteiger partial charge < -0.3 is 9.88 Å². The van der Waals surface area contributed by atoms with Crippen LogP contribution >= 0.6 is 0 Å². The average molecular weight is 257 g/mol. The number of imidazole rings is 1. The van der Waals surface area contributed by atoms with Crippen LogP contribution < -0.4 is 5.32 Å². The van der Waals surface area contributed by atoms with Crippen molar-refractivity contribution in [3.63, 3.8) is 0 Å². The Bertz CT molecular complexity index is 575. The maximum absolute atomic E-state index is 4.71. The lowest BCUT2D eigenvalue weighted by atomic mass is 9.92. The molecule has 0 saturated carbocycles. The van der Waals surface area contributed by atoms with E-state index in [1.165, 1.54) is 24.1 Å². The van der Waals surface area contributed by atoms with Gasteiger partial charge in [-0.2, -0.15) is 0 Å². The number of nitrogens with one attached hydrogen (secondary N) is 1. The number of fused-ring (bicyclic) bond motifs is 1. The lowest BCUT2D eigenvalue weighted by molar-refractivity contribution is 0.464. The zero-order valence-electron chi connectivity index (χ0n) is 11.4. The number of hydrogen-bond acceptors (Lipinski definition) is 4. The Hall–Kier alpha value is -1.75. The summed E-state index contributed by atoms with van der Waals surface area (Å²) in [4.78, 5) is 13.5. The Balaban J connectivity index is 1.98. The number of aryl methyl sites for hydroxylation is 2. The van der Waals surface area contributed by atoms with Crippen molar-refractivity contribution in [2.24, 2.45) is 7.05 Å². The summed E-state index contributed by atoms with van der Waals surface area (Å²) in [6.45, 7) is 3.11. The number of hydrogen-bond donors (Lipinski definition) is 1. The monoisotopic (exact) mass is 257 g/mol. The van der Waals surface area contributed by atoms with Gasteiger partial charge in [0.2, 0.25) is 0 Å². The minimum Gasteiger partial charge on any atom is -0.331 e. The lowest BCUT2D eigenvalue weighted by Gasteiger charge is -2.25. The average Bonchev–Trinajstić information content (AvgIpc) is 2.85. The van der Waals surface area contributed by atoms with Crippen molar-refractivity contribution in [1.82, 2.24) is 24.8 Å². The first-order valence-electron chi connectivity index (χ1n) is 6.86. The molecule has 0 amide bonds. The second-order valence-corrected chi connectivity index (χ2v) is 4.96. The van der Waals surface area contributed by atoms with Gasteiger partial charge in [-0.3, -0.25) is 0 Å². The maximum Gasteiger partial charge on any atom is 0.196 e. The van der Waals surface area contributed by atoms with E-state index >= 15 is 0 Å². The van der Waals surface area contributed by atoms with E-state index in [9.17, 15) is 0 Å². The Kier molecular flexibility index (Phi) is 3.29. The molecule has 0 bridgehead atoms. The van der Waals surface area contributed by atoms with E-state index in [-0.39, 0.29) is 0 Å². The van der Waals surface area contributed by atoms with Gasteiger partial charge in [0.15, 0.2) is 11.6 Å². The van der Waals surface area contributed by atoms with E-state index in [1.54, 1.807) is 6.20 Å². The normalized spacial score (nSPS) is 18.3. The fraction of sp³-hybridized carbons (Fsp3) is 0.500. The Labute approximate surface area is 113 Å². The quantitative estimate of drug-likeness (QED) is 0.912. The third-order valence-electron chi connectivity index (χ3n) is 3.65. The predicted molar refractivity (Wildman–Crippen MR) is 73.6 cm³/mol. The van der Waals surface area contributed by atoms with Gasteiger partial charge in [0, 0.05) is 42.9 Å². The highest BCUT2D eigenvalue weighted by Crippen LogP contribution is 2.28. The van der Waals surface area contributed by atoms with Gasteiger partial charge in [0.1, 0.15) is 0 Å². The minimum atomic E-state index is 0.407. The molecule has 5 nitrogen and oxygen atoms in total. The Morgan fingerprint density at radius 1 is 1.42 bits per heavy atom. The fourth-order valence-corrected chi connectivity index (χ4v) is 2.69. The molecular weight excluding hydrogens is 238 g/mol. The van der Waals surface area contributed by atoms with Crippen LogP contribution in [0.1, 0.15) is 37.1 Å². The molecule has 0 spiro atoms. The molecule has 0 saturated heterocycles. The summed E-state index contributed by atoms with van der Waals surface area (Å²) in [5.74, 6) is 1.55.